The summed E-state index contributed by atoms with van der Waals surface area (Å²) >= 11 is 4.24. The molecule has 4 saturated carbocycles. The smallest absolute Gasteiger partial charge is 0.0150 e. The van der Waals surface area contributed by atoms with Crippen LogP contribution in [0, 0.1) is 28.6 Å². The van der Waals surface area contributed by atoms with E-state index < -0.39 is 0 Å². The average Bonchev–Trinajstić information content (AvgIpc) is 3.27. The third-order valence-electron chi connectivity index (χ3n) is 13.0. The summed E-state index contributed by atoms with van der Waals surface area (Å²) in [5, 5.41) is 25.9. The van der Waals surface area contributed by atoms with Crippen molar-refractivity contribution in [3.05, 3.63) is 0 Å². The molecule has 4 aliphatic carbocycles. The first-order valence-electron chi connectivity index (χ1n) is 25.2. The minimum absolute atomic E-state index is 0. The number of hydrogen-bond acceptors (Lipinski definition) is 8. The number of halogens is 2. The van der Waals surface area contributed by atoms with E-state index in [4.69, 9.17) is 0 Å². The molecular formula is C51H120I2N8V. The van der Waals surface area contributed by atoms with E-state index >= 15 is 0 Å². The van der Waals surface area contributed by atoms with Crippen molar-refractivity contribution in [2.24, 2.45) is 28.6 Å². The van der Waals surface area contributed by atoms with Crippen molar-refractivity contribution < 1.29 is 18.6 Å². The third-order valence-corrected chi connectivity index (χ3v) is 13.0. The molecule has 0 aromatic carbocycles. The number of hydrogen-bond donors (Lipinski definition) is 8. The molecule has 0 spiro atoms. The Kier molecular flexibility index (Phi) is 63.6. The van der Waals surface area contributed by atoms with Gasteiger partial charge in [-0.15, -0.1) is 0 Å². The normalized spacial score (nSPS) is 25.0. The first-order chi connectivity index (χ1) is 28.8. The van der Waals surface area contributed by atoms with Gasteiger partial charge >= 0.3 is 0 Å². The summed E-state index contributed by atoms with van der Waals surface area (Å²) in [6.07, 6.45) is 22.2. The van der Waals surface area contributed by atoms with E-state index in [1.807, 2.05) is 69.7 Å². The van der Waals surface area contributed by atoms with Crippen molar-refractivity contribution >= 4 is 37.2 Å². The summed E-state index contributed by atoms with van der Waals surface area (Å²) in [7, 11) is 20.0. The summed E-state index contributed by atoms with van der Waals surface area (Å²) < 4.78 is 0. The molecule has 0 aromatic heterocycles. The molecule has 11 heteroatoms. The molecule has 383 valence electrons. The maximum Gasteiger partial charge on any atom is 0.0150 e. The van der Waals surface area contributed by atoms with Crippen LogP contribution in [0.4, 0.5) is 0 Å². The molecule has 8 nitrogen and oxygen atoms in total. The molecule has 0 aliphatic heterocycles. The molecule has 0 saturated heterocycles. The summed E-state index contributed by atoms with van der Waals surface area (Å²) in [6, 6.07) is 2.33. The summed E-state index contributed by atoms with van der Waals surface area (Å²) in [5.74, 6) is 2.52. The van der Waals surface area contributed by atoms with Crippen LogP contribution in [0.5, 0.6) is 0 Å². The number of rotatable bonds is 9. The van der Waals surface area contributed by atoms with E-state index in [0.29, 0.717) is 16.9 Å². The van der Waals surface area contributed by atoms with E-state index in [-0.39, 0.29) is 29.6 Å². The van der Waals surface area contributed by atoms with E-state index in [0.717, 1.165) is 36.4 Å². The molecule has 0 heterocycles. The molecule has 1 radical (unpaired) electrons. The van der Waals surface area contributed by atoms with Gasteiger partial charge in [-0.05, 0) is 191 Å². The Morgan fingerprint density at radius 3 is 1.21 bits per heavy atom. The van der Waals surface area contributed by atoms with Crippen LogP contribution in [0.25, 0.3) is 0 Å². The zero-order valence-electron chi connectivity index (χ0n) is 46.7. The minimum Gasteiger partial charge on any atom is -0.323 e. The standard InChI is InChI=1S/C14H30N2.C12H26N2.C8H17N.C7H15N.2C2H7N.3C2H6.I2.V/c1-13(2,15-5)11-8-7-9-12(10-11)14(3,4)16-6;1-11(2)6-10(14-5)7-12(3,8-11)9-13-4;1-7-5-3-4-6-8(7)9-2;1-8-7-5-3-2-4-6-7;2*1-3-2;4*1-2;/h11-12,15-16H,7-10H2,1-6H3;10,13-14H,6-9H2,1-5H3;7-9H,3-6H2,1-2H3;7-8H,2-6H2,1H3;2*3H,1-2H3;3*1-2H3;;. The molecule has 0 aromatic rings. The van der Waals surface area contributed by atoms with Crippen molar-refractivity contribution in [2.75, 3.05) is 77.0 Å². The second-order valence-electron chi connectivity index (χ2n) is 19.4. The molecule has 8 N–H and O–H groups in total. The van der Waals surface area contributed by atoms with Gasteiger partial charge in [0.25, 0.3) is 0 Å². The molecular weight excluding hydrogens is 1030 g/mol. The van der Waals surface area contributed by atoms with Gasteiger partial charge in [0.1, 0.15) is 0 Å². The Balaban J connectivity index is -0.000000120. The van der Waals surface area contributed by atoms with Crippen molar-refractivity contribution in [2.45, 2.75) is 229 Å². The van der Waals surface area contributed by atoms with Crippen LogP contribution in [0.3, 0.4) is 0 Å². The average molecular weight is 1150 g/mol. The van der Waals surface area contributed by atoms with Gasteiger partial charge in [-0.3, -0.25) is 0 Å². The van der Waals surface area contributed by atoms with Crippen LogP contribution in [0.1, 0.15) is 200 Å². The zero-order valence-corrected chi connectivity index (χ0v) is 52.4. The van der Waals surface area contributed by atoms with Gasteiger partial charge in [-0.25, -0.2) is 0 Å². The van der Waals surface area contributed by atoms with Crippen LogP contribution < -0.4 is 42.5 Å². The molecule has 6 unspecified atom stereocenters. The summed E-state index contributed by atoms with van der Waals surface area (Å²) in [4.78, 5) is 0. The second kappa shape index (κ2) is 50.6. The molecule has 0 amide bonds. The van der Waals surface area contributed by atoms with Crippen molar-refractivity contribution in [1.82, 2.24) is 42.5 Å². The van der Waals surface area contributed by atoms with Crippen molar-refractivity contribution in [3.8, 4) is 0 Å². The largest absolute Gasteiger partial charge is 0.323 e. The van der Waals surface area contributed by atoms with E-state index in [9.17, 15) is 0 Å². The topological polar surface area (TPSA) is 96.2 Å². The molecule has 62 heavy (non-hydrogen) atoms. The summed E-state index contributed by atoms with van der Waals surface area (Å²) in [6.45, 7) is 32.0. The van der Waals surface area contributed by atoms with Gasteiger partial charge in [-0.2, -0.15) is 0 Å². The Hall–Kier alpha value is 1.72. The Morgan fingerprint density at radius 1 is 0.516 bits per heavy atom. The summed E-state index contributed by atoms with van der Waals surface area (Å²) in [5.41, 5.74) is 1.51. The SMILES string of the molecule is CC.CC.CC.CNC.CNC.CNC(C)(C)C1CCCC(C(C)(C)NC)C1.CNC1CCCCC1.CNC1CCCCC1C.CNCC1(C)CC(NC)CC(C)(C)C1.II.[V]. The van der Waals surface area contributed by atoms with Gasteiger partial charge in [-0.1, -0.05) is 108 Å². The second-order valence-corrected chi connectivity index (χ2v) is 19.4. The first kappa shape index (κ1) is 77.9. The molecule has 0 bridgehead atoms. The van der Waals surface area contributed by atoms with Crippen LogP contribution in [0.15, 0.2) is 0 Å². The van der Waals surface area contributed by atoms with Crippen molar-refractivity contribution in [3.63, 3.8) is 0 Å². The Labute approximate surface area is 429 Å². The fourth-order valence-electron chi connectivity index (χ4n) is 9.44. The predicted molar refractivity (Wildman–Crippen MR) is 303 cm³/mol. The van der Waals surface area contributed by atoms with Gasteiger partial charge in [0.2, 0.25) is 0 Å². The van der Waals surface area contributed by atoms with E-state index in [1.165, 1.54) is 103 Å². The molecule has 4 rings (SSSR count). The van der Waals surface area contributed by atoms with E-state index in [1.54, 1.807) is 0 Å². The van der Waals surface area contributed by atoms with Crippen LogP contribution >= 0.6 is 37.2 Å². The van der Waals surface area contributed by atoms with Gasteiger partial charge < -0.3 is 42.5 Å². The first-order valence-corrected chi connectivity index (χ1v) is 31.5. The fraction of sp³-hybridized carbons (Fsp3) is 1.00. The maximum absolute atomic E-state index is 3.48. The van der Waals surface area contributed by atoms with Crippen LogP contribution in [-0.4, -0.2) is 106 Å². The minimum atomic E-state index is 0. The molecule has 6 atom stereocenters. The van der Waals surface area contributed by atoms with Gasteiger partial charge in [0, 0.05) is 91.5 Å². The predicted octanol–water partition coefficient (Wildman–Crippen LogP) is 12.6. The quantitative estimate of drug-likeness (QED) is 0.108. The zero-order chi connectivity index (χ0) is 49.1. The van der Waals surface area contributed by atoms with Gasteiger partial charge in [0.15, 0.2) is 0 Å². The number of nitrogens with one attached hydrogen (secondary N) is 8. The molecule has 4 fully saturated rings. The fourth-order valence-corrected chi connectivity index (χ4v) is 9.44. The Morgan fingerprint density at radius 2 is 0.903 bits per heavy atom. The van der Waals surface area contributed by atoms with Crippen LogP contribution in [-0.2, 0) is 18.6 Å². The van der Waals surface area contributed by atoms with Gasteiger partial charge in [0.05, 0.1) is 0 Å². The van der Waals surface area contributed by atoms with Crippen molar-refractivity contribution in [1.29, 1.82) is 0 Å². The monoisotopic (exact) mass is 1150 g/mol. The van der Waals surface area contributed by atoms with E-state index in [2.05, 4.69) is 177 Å². The molecule has 4 aliphatic rings. The third kappa shape index (κ3) is 40.8. The Bertz CT molecular complexity index is 825. The van der Waals surface area contributed by atoms with Crippen LogP contribution in [0.2, 0.25) is 0 Å². The maximum atomic E-state index is 3.48.